The van der Waals surface area contributed by atoms with Gasteiger partial charge in [-0.1, -0.05) is 44.2 Å². The predicted molar refractivity (Wildman–Crippen MR) is 74.8 cm³/mol. The van der Waals surface area contributed by atoms with E-state index in [0.29, 0.717) is 0 Å². The highest BCUT2D eigenvalue weighted by molar-refractivity contribution is 8.00. The Kier molecular flexibility index (Phi) is 7.03. The highest BCUT2D eigenvalue weighted by Gasteiger charge is 2.02. The van der Waals surface area contributed by atoms with Crippen molar-refractivity contribution in [3.63, 3.8) is 0 Å². The van der Waals surface area contributed by atoms with Gasteiger partial charge in [-0.2, -0.15) is 23.5 Å². The predicted octanol–water partition coefficient (Wildman–Crippen LogP) is 4.45. The molecule has 0 aromatic heterocycles. The van der Waals surface area contributed by atoms with E-state index < -0.39 is 0 Å². The Morgan fingerprint density at radius 1 is 1.20 bits per heavy atom. The lowest BCUT2D eigenvalue weighted by Gasteiger charge is -2.10. The summed E-state index contributed by atoms with van der Waals surface area (Å²) in [5.74, 6) is 3.70. The molecule has 1 unspecified atom stereocenters. The van der Waals surface area contributed by atoms with Gasteiger partial charge in [0.1, 0.15) is 0 Å². The van der Waals surface area contributed by atoms with Gasteiger partial charge < -0.3 is 0 Å². The largest absolute Gasteiger partial charge is 0.162 e. The summed E-state index contributed by atoms with van der Waals surface area (Å²) in [4.78, 5) is 0. The van der Waals surface area contributed by atoms with Crippen LogP contribution in [0.15, 0.2) is 30.3 Å². The van der Waals surface area contributed by atoms with Gasteiger partial charge in [0.25, 0.3) is 0 Å². The van der Waals surface area contributed by atoms with Gasteiger partial charge in [0, 0.05) is 11.0 Å². The molecule has 2 heteroatoms. The molecule has 1 atom stereocenters. The summed E-state index contributed by atoms with van der Waals surface area (Å²) in [6, 6.07) is 10.7. The molecular weight excluding hydrogens is 220 g/mol. The summed E-state index contributed by atoms with van der Waals surface area (Å²) in [5, 5.41) is 0.782. The van der Waals surface area contributed by atoms with Crippen molar-refractivity contribution < 1.29 is 0 Å². The number of benzene rings is 1. The fourth-order valence-corrected chi connectivity index (χ4v) is 3.20. The van der Waals surface area contributed by atoms with Crippen molar-refractivity contribution in [3.05, 3.63) is 35.9 Å². The van der Waals surface area contributed by atoms with Crippen LogP contribution in [-0.4, -0.2) is 16.8 Å². The summed E-state index contributed by atoms with van der Waals surface area (Å²) in [6.45, 7) is 4.57. The topological polar surface area (TPSA) is 0 Å². The zero-order valence-corrected chi connectivity index (χ0v) is 11.2. The van der Waals surface area contributed by atoms with Crippen LogP contribution in [-0.2, 0) is 5.75 Å². The quantitative estimate of drug-likeness (QED) is 0.646. The minimum Gasteiger partial charge on any atom is -0.162 e. The Morgan fingerprint density at radius 2 is 1.93 bits per heavy atom. The Bertz CT molecular complexity index is 246. The lowest BCUT2D eigenvalue weighted by atomic mass is 10.2. The second-order valence-corrected chi connectivity index (χ2v) is 6.41. The van der Waals surface area contributed by atoms with E-state index in [-0.39, 0.29) is 0 Å². The highest BCUT2D eigenvalue weighted by atomic mass is 32.2. The molecular formula is C13H20S2. The second kappa shape index (κ2) is 8.12. The molecule has 1 aromatic carbocycles. The van der Waals surface area contributed by atoms with Crippen LogP contribution in [0.1, 0.15) is 25.8 Å². The van der Waals surface area contributed by atoms with Gasteiger partial charge in [0.05, 0.1) is 0 Å². The SMILES string of the molecule is CCSCCC(C)SCc1ccccc1. The van der Waals surface area contributed by atoms with Gasteiger partial charge in [-0.25, -0.2) is 0 Å². The molecule has 15 heavy (non-hydrogen) atoms. The molecule has 84 valence electrons. The van der Waals surface area contributed by atoms with Crippen molar-refractivity contribution in [2.45, 2.75) is 31.3 Å². The summed E-state index contributed by atoms with van der Waals surface area (Å²) in [7, 11) is 0. The van der Waals surface area contributed by atoms with Gasteiger partial charge in [-0.05, 0) is 23.5 Å². The van der Waals surface area contributed by atoms with E-state index in [2.05, 4.69) is 55.9 Å². The molecule has 0 amide bonds. The molecule has 0 saturated heterocycles. The lowest BCUT2D eigenvalue weighted by molar-refractivity contribution is 0.916. The standard InChI is InChI=1S/C13H20S2/c1-3-14-10-9-12(2)15-11-13-7-5-4-6-8-13/h4-8,12H,3,9-11H2,1-2H3. The third-order valence-electron chi connectivity index (χ3n) is 2.25. The number of hydrogen-bond acceptors (Lipinski definition) is 2. The molecule has 0 aliphatic rings. The molecule has 1 aromatic rings. The zero-order chi connectivity index (χ0) is 10.9. The van der Waals surface area contributed by atoms with Crippen LogP contribution in [0.4, 0.5) is 0 Å². The molecule has 0 heterocycles. The van der Waals surface area contributed by atoms with Crippen LogP contribution < -0.4 is 0 Å². The monoisotopic (exact) mass is 240 g/mol. The molecule has 0 aliphatic heterocycles. The van der Waals surface area contributed by atoms with Crippen molar-refractivity contribution in [3.8, 4) is 0 Å². The Balaban J connectivity index is 2.14. The van der Waals surface area contributed by atoms with Crippen molar-refractivity contribution in [2.24, 2.45) is 0 Å². The van der Waals surface area contributed by atoms with E-state index in [4.69, 9.17) is 0 Å². The van der Waals surface area contributed by atoms with E-state index in [1.807, 2.05) is 11.8 Å². The third-order valence-corrected chi connectivity index (χ3v) is 4.49. The summed E-state index contributed by atoms with van der Waals surface area (Å²) in [5.41, 5.74) is 1.44. The van der Waals surface area contributed by atoms with E-state index >= 15 is 0 Å². The van der Waals surface area contributed by atoms with E-state index in [1.54, 1.807) is 0 Å². The fourth-order valence-electron chi connectivity index (χ4n) is 1.29. The van der Waals surface area contributed by atoms with Gasteiger partial charge in [-0.3, -0.25) is 0 Å². The van der Waals surface area contributed by atoms with Crippen molar-refractivity contribution in [1.82, 2.24) is 0 Å². The maximum absolute atomic E-state index is 2.34. The number of hydrogen-bond donors (Lipinski definition) is 0. The van der Waals surface area contributed by atoms with Gasteiger partial charge in [-0.15, -0.1) is 0 Å². The highest BCUT2D eigenvalue weighted by Crippen LogP contribution is 2.21. The van der Waals surface area contributed by atoms with Crippen LogP contribution >= 0.6 is 23.5 Å². The molecule has 0 nitrogen and oxygen atoms in total. The normalized spacial score (nSPS) is 12.7. The average Bonchev–Trinajstić information content (AvgIpc) is 2.28. The van der Waals surface area contributed by atoms with Gasteiger partial charge in [0.15, 0.2) is 0 Å². The van der Waals surface area contributed by atoms with Crippen LogP contribution in [0.2, 0.25) is 0 Å². The average molecular weight is 240 g/mol. The van der Waals surface area contributed by atoms with E-state index in [1.165, 1.54) is 23.5 Å². The van der Waals surface area contributed by atoms with Crippen molar-refractivity contribution >= 4 is 23.5 Å². The van der Waals surface area contributed by atoms with Gasteiger partial charge >= 0.3 is 0 Å². The van der Waals surface area contributed by atoms with Crippen molar-refractivity contribution in [1.29, 1.82) is 0 Å². The number of thioether (sulfide) groups is 2. The molecule has 0 radical (unpaired) electrons. The van der Waals surface area contributed by atoms with Crippen LogP contribution in [0.25, 0.3) is 0 Å². The first-order valence-corrected chi connectivity index (χ1v) is 7.76. The maximum Gasteiger partial charge on any atom is 0.0187 e. The molecule has 0 bridgehead atoms. The first kappa shape index (κ1) is 13.0. The first-order chi connectivity index (χ1) is 7.33. The second-order valence-electron chi connectivity index (χ2n) is 3.59. The molecule has 0 aliphatic carbocycles. The number of rotatable bonds is 7. The first-order valence-electron chi connectivity index (χ1n) is 5.56. The fraction of sp³-hybridized carbons (Fsp3) is 0.538. The Hall–Kier alpha value is -0.0800. The van der Waals surface area contributed by atoms with E-state index in [9.17, 15) is 0 Å². The van der Waals surface area contributed by atoms with Gasteiger partial charge in [0.2, 0.25) is 0 Å². The molecule has 0 N–H and O–H groups in total. The van der Waals surface area contributed by atoms with Crippen LogP contribution in [0.5, 0.6) is 0 Å². The minimum atomic E-state index is 0.782. The zero-order valence-electron chi connectivity index (χ0n) is 9.61. The third kappa shape index (κ3) is 6.16. The van der Waals surface area contributed by atoms with Crippen LogP contribution in [0, 0.1) is 0 Å². The summed E-state index contributed by atoms with van der Waals surface area (Å²) < 4.78 is 0. The summed E-state index contributed by atoms with van der Waals surface area (Å²) in [6.07, 6.45) is 1.33. The summed E-state index contributed by atoms with van der Waals surface area (Å²) >= 11 is 4.11. The Morgan fingerprint density at radius 3 is 2.60 bits per heavy atom. The maximum atomic E-state index is 2.34. The smallest absolute Gasteiger partial charge is 0.0187 e. The van der Waals surface area contributed by atoms with E-state index in [0.717, 1.165) is 11.0 Å². The minimum absolute atomic E-state index is 0.782. The van der Waals surface area contributed by atoms with Crippen LogP contribution in [0.3, 0.4) is 0 Å². The lowest BCUT2D eigenvalue weighted by Crippen LogP contribution is -1.98. The molecule has 0 saturated carbocycles. The molecule has 0 spiro atoms. The van der Waals surface area contributed by atoms with Crippen molar-refractivity contribution in [2.75, 3.05) is 11.5 Å². The molecule has 0 fully saturated rings. The Labute approximate surface area is 102 Å². The molecule has 1 rings (SSSR count).